The molecule has 1 unspecified atom stereocenters. The van der Waals surface area contributed by atoms with Gasteiger partial charge in [0.1, 0.15) is 0 Å². The summed E-state index contributed by atoms with van der Waals surface area (Å²) in [6.07, 6.45) is 5.61. The molecule has 4 aromatic rings. The molecule has 5 rings (SSSR count). The fraction of sp³-hybridized carbons (Fsp3) is 0.217. The van der Waals surface area contributed by atoms with Gasteiger partial charge in [0.25, 0.3) is 5.56 Å². The van der Waals surface area contributed by atoms with Crippen LogP contribution in [-0.2, 0) is 11.3 Å². The number of benzene rings is 1. The molecule has 0 radical (unpaired) electrons. The lowest BCUT2D eigenvalue weighted by Crippen LogP contribution is -2.24. The summed E-state index contributed by atoms with van der Waals surface area (Å²) in [7, 11) is 0. The number of carbonyl (C=O) groups is 1. The summed E-state index contributed by atoms with van der Waals surface area (Å²) in [6, 6.07) is 13.5. The smallest absolute Gasteiger partial charge is 0.272 e. The van der Waals surface area contributed by atoms with Gasteiger partial charge in [0, 0.05) is 55.6 Å². The Morgan fingerprint density at radius 1 is 1.10 bits per heavy atom. The van der Waals surface area contributed by atoms with Crippen molar-refractivity contribution in [2.45, 2.75) is 25.8 Å². The molecular weight excluding hydrogens is 378 g/mol. The van der Waals surface area contributed by atoms with E-state index >= 15 is 0 Å². The molecule has 1 saturated heterocycles. The first-order chi connectivity index (χ1) is 14.6. The van der Waals surface area contributed by atoms with Gasteiger partial charge in [-0.15, -0.1) is 0 Å². The van der Waals surface area contributed by atoms with Gasteiger partial charge in [-0.2, -0.15) is 0 Å². The molecule has 4 heterocycles. The van der Waals surface area contributed by atoms with Crippen LogP contribution in [0, 0.1) is 6.92 Å². The molecule has 7 nitrogen and oxygen atoms in total. The van der Waals surface area contributed by atoms with E-state index in [1.807, 2.05) is 48.2 Å². The average Bonchev–Trinajstić information content (AvgIpc) is 3.34. The zero-order valence-corrected chi connectivity index (χ0v) is 16.6. The van der Waals surface area contributed by atoms with Gasteiger partial charge in [-0.1, -0.05) is 29.8 Å². The number of pyridine rings is 1. The number of nitrogens with zero attached hydrogens (tertiary/aromatic N) is 4. The monoisotopic (exact) mass is 399 g/mol. The van der Waals surface area contributed by atoms with Gasteiger partial charge in [0.05, 0.1) is 5.69 Å². The Kier molecular flexibility index (Phi) is 4.43. The van der Waals surface area contributed by atoms with Crippen LogP contribution in [0.1, 0.15) is 29.2 Å². The first-order valence-corrected chi connectivity index (χ1v) is 9.93. The summed E-state index contributed by atoms with van der Waals surface area (Å²) in [5.74, 6) is -0.0237. The highest BCUT2D eigenvalue weighted by atomic mass is 16.2. The molecule has 1 aliphatic rings. The minimum Gasteiger partial charge on any atom is -0.338 e. The largest absolute Gasteiger partial charge is 0.338 e. The van der Waals surface area contributed by atoms with E-state index in [4.69, 9.17) is 4.98 Å². The van der Waals surface area contributed by atoms with Crippen molar-refractivity contribution in [2.75, 3.05) is 6.54 Å². The number of nitrogens with one attached hydrogen (secondary N) is 1. The molecule has 1 amide bonds. The molecule has 0 aliphatic carbocycles. The number of hydrogen-bond acceptors (Lipinski definition) is 4. The van der Waals surface area contributed by atoms with Crippen LogP contribution in [0.25, 0.3) is 16.8 Å². The van der Waals surface area contributed by atoms with E-state index in [1.54, 1.807) is 18.6 Å². The van der Waals surface area contributed by atoms with Crippen LogP contribution in [0.5, 0.6) is 0 Å². The van der Waals surface area contributed by atoms with E-state index in [9.17, 15) is 9.59 Å². The molecular formula is C23H21N5O2. The van der Waals surface area contributed by atoms with E-state index in [0.717, 1.165) is 16.7 Å². The van der Waals surface area contributed by atoms with Gasteiger partial charge in [-0.25, -0.2) is 9.50 Å². The first kappa shape index (κ1) is 18.3. The molecule has 3 aromatic heterocycles. The summed E-state index contributed by atoms with van der Waals surface area (Å²) < 4.78 is 1.45. The van der Waals surface area contributed by atoms with Gasteiger partial charge < -0.3 is 4.90 Å². The molecule has 1 N–H and O–H groups in total. The van der Waals surface area contributed by atoms with E-state index in [2.05, 4.69) is 10.1 Å². The summed E-state index contributed by atoms with van der Waals surface area (Å²) in [5, 5.41) is 3.00. The Balaban J connectivity index is 1.47. The molecule has 1 aliphatic heterocycles. The van der Waals surface area contributed by atoms with Gasteiger partial charge in [-0.05, 0) is 30.2 Å². The lowest BCUT2D eigenvalue weighted by atomic mass is 10.0. The molecule has 30 heavy (non-hydrogen) atoms. The van der Waals surface area contributed by atoms with Crippen LogP contribution >= 0.6 is 0 Å². The summed E-state index contributed by atoms with van der Waals surface area (Å²) in [6.45, 7) is 3.13. The topological polar surface area (TPSA) is 83.4 Å². The normalized spacial score (nSPS) is 16.5. The maximum Gasteiger partial charge on any atom is 0.272 e. The van der Waals surface area contributed by atoms with E-state index in [-0.39, 0.29) is 17.4 Å². The van der Waals surface area contributed by atoms with Crippen molar-refractivity contribution in [1.29, 1.82) is 0 Å². The van der Waals surface area contributed by atoms with Gasteiger partial charge in [0.15, 0.2) is 5.65 Å². The van der Waals surface area contributed by atoms with Crippen LogP contribution < -0.4 is 5.56 Å². The zero-order valence-electron chi connectivity index (χ0n) is 16.6. The van der Waals surface area contributed by atoms with Crippen LogP contribution in [-0.4, -0.2) is 36.9 Å². The van der Waals surface area contributed by atoms with Crippen molar-refractivity contribution >= 4 is 11.6 Å². The second-order valence-electron chi connectivity index (χ2n) is 7.76. The van der Waals surface area contributed by atoms with Crippen molar-refractivity contribution < 1.29 is 4.79 Å². The minimum atomic E-state index is -0.173. The number of aryl methyl sites for hydroxylation is 1. The van der Waals surface area contributed by atoms with Crippen molar-refractivity contribution in [1.82, 2.24) is 24.5 Å². The predicted molar refractivity (Wildman–Crippen MR) is 113 cm³/mol. The third kappa shape index (κ3) is 3.28. The number of fused-ring (bicyclic) bond motifs is 1. The van der Waals surface area contributed by atoms with E-state index in [0.29, 0.717) is 30.9 Å². The quantitative estimate of drug-likeness (QED) is 0.572. The van der Waals surface area contributed by atoms with E-state index < -0.39 is 0 Å². The Labute approximate surface area is 173 Å². The van der Waals surface area contributed by atoms with Crippen LogP contribution in [0.4, 0.5) is 0 Å². The van der Waals surface area contributed by atoms with Crippen molar-refractivity contribution in [3.8, 4) is 11.1 Å². The molecule has 1 aromatic carbocycles. The van der Waals surface area contributed by atoms with Crippen molar-refractivity contribution in [3.05, 3.63) is 88.2 Å². The number of aromatic nitrogens is 4. The number of hydrogen-bond donors (Lipinski definition) is 1. The number of rotatable bonds is 4. The number of H-pyrrole nitrogens is 1. The summed E-state index contributed by atoms with van der Waals surface area (Å²) >= 11 is 0. The lowest BCUT2D eigenvalue weighted by Gasteiger charge is -2.16. The predicted octanol–water partition coefficient (Wildman–Crippen LogP) is 2.91. The van der Waals surface area contributed by atoms with Gasteiger partial charge >= 0.3 is 0 Å². The van der Waals surface area contributed by atoms with Crippen molar-refractivity contribution in [3.63, 3.8) is 0 Å². The highest BCUT2D eigenvalue weighted by Crippen LogP contribution is 2.29. The minimum absolute atomic E-state index is 0.0756. The van der Waals surface area contributed by atoms with Crippen LogP contribution in [0.3, 0.4) is 0 Å². The van der Waals surface area contributed by atoms with Crippen LogP contribution in [0.15, 0.2) is 65.8 Å². The maximum absolute atomic E-state index is 12.7. The molecule has 1 fully saturated rings. The fourth-order valence-corrected chi connectivity index (χ4v) is 3.99. The average molecular weight is 399 g/mol. The summed E-state index contributed by atoms with van der Waals surface area (Å²) in [4.78, 5) is 35.9. The molecule has 1 atom stereocenters. The number of amides is 1. The molecule has 0 spiro atoms. The number of aromatic amines is 1. The second kappa shape index (κ2) is 7.26. The Bertz CT molecular complexity index is 1270. The van der Waals surface area contributed by atoms with Gasteiger partial charge in [-0.3, -0.25) is 19.7 Å². The van der Waals surface area contributed by atoms with E-state index in [1.165, 1.54) is 16.1 Å². The highest BCUT2D eigenvalue weighted by molar-refractivity contribution is 5.80. The molecule has 0 bridgehead atoms. The Hall–Kier alpha value is -3.74. The van der Waals surface area contributed by atoms with Crippen molar-refractivity contribution in [2.24, 2.45) is 0 Å². The maximum atomic E-state index is 12.7. The zero-order chi connectivity index (χ0) is 20.7. The van der Waals surface area contributed by atoms with Crippen LogP contribution in [0.2, 0.25) is 0 Å². The third-order valence-corrected chi connectivity index (χ3v) is 5.64. The SMILES string of the molecule is Cc1ccc(-c2c[nH]n3c(=O)cc(C4CC(=O)N(Cc5ccncc5)C4)nc23)cc1. The van der Waals surface area contributed by atoms with Gasteiger partial charge in [0.2, 0.25) is 5.91 Å². The highest BCUT2D eigenvalue weighted by Gasteiger charge is 2.32. The Morgan fingerprint density at radius 2 is 1.87 bits per heavy atom. The second-order valence-corrected chi connectivity index (χ2v) is 7.76. The fourth-order valence-electron chi connectivity index (χ4n) is 3.99. The standard InChI is InChI=1S/C23H21N5O2/c1-15-2-4-17(5-3-15)19-12-25-28-22(30)11-20(26-23(19)28)18-10-21(29)27(14-18)13-16-6-8-24-9-7-16/h2-9,11-12,18,25H,10,13-14H2,1H3. The number of carbonyl (C=O) groups excluding carboxylic acids is 1. The molecule has 0 saturated carbocycles. The molecule has 150 valence electrons. The molecule has 7 heteroatoms. The lowest BCUT2D eigenvalue weighted by molar-refractivity contribution is -0.128. The summed E-state index contributed by atoms with van der Waals surface area (Å²) in [5.41, 5.74) is 5.14. The third-order valence-electron chi connectivity index (χ3n) is 5.64. The Morgan fingerprint density at radius 3 is 2.63 bits per heavy atom. The first-order valence-electron chi connectivity index (χ1n) is 9.93. The number of likely N-dealkylation sites (tertiary alicyclic amines) is 1.